The maximum absolute atomic E-state index is 14.1. The van der Waals surface area contributed by atoms with Gasteiger partial charge in [0.15, 0.2) is 0 Å². The van der Waals surface area contributed by atoms with Crippen LogP contribution in [-0.2, 0) is 9.59 Å². The van der Waals surface area contributed by atoms with Crippen molar-refractivity contribution >= 4 is 17.4 Å². The molecule has 1 amide bonds. The number of carbonyl (C=O) groups is 2. The largest absolute Gasteiger partial charge is 0.507 e. The zero-order valence-corrected chi connectivity index (χ0v) is 20.6. The summed E-state index contributed by atoms with van der Waals surface area (Å²) in [4.78, 5) is 27.7. The van der Waals surface area contributed by atoms with Gasteiger partial charge < -0.3 is 29.0 Å². The van der Waals surface area contributed by atoms with Crippen molar-refractivity contribution in [2.24, 2.45) is 0 Å². The summed E-state index contributed by atoms with van der Waals surface area (Å²) in [5.74, 6) is -0.908. The molecule has 0 bridgehead atoms. The van der Waals surface area contributed by atoms with Crippen LogP contribution in [0.3, 0.4) is 0 Å². The van der Waals surface area contributed by atoms with Crippen molar-refractivity contribution in [3.8, 4) is 23.0 Å². The summed E-state index contributed by atoms with van der Waals surface area (Å²) in [6.45, 7) is 0.125. The van der Waals surface area contributed by atoms with Gasteiger partial charge in [-0.2, -0.15) is 0 Å². The lowest BCUT2D eigenvalue weighted by molar-refractivity contribution is -0.140. The first-order valence-corrected chi connectivity index (χ1v) is 11.4. The lowest BCUT2D eigenvalue weighted by Gasteiger charge is -2.25. The first kappa shape index (κ1) is 25.6. The Kier molecular flexibility index (Phi) is 7.62. The number of rotatable bonds is 9. The Hall–Kier alpha value is -4.53. The van der Waals surface area contributed by atoms with Crippen molar-refractivity contribution in [1.29, 1.82) is 0 Å². The van der Waals surface area contributed by atoms with Crippen LogP contribution < -0.4 is 18.9 Å². The number of Topliss-reactive ketones (excluding diaryl/α,β-unsaturated/α-hetero) is 1. The molecular weight excluding hydrogens is 481 g/mol. The normalized spacial score (nSPS) is 16.5. The molecule has 1 N–H and O–H groups in total. The van der Waals surface area contributed by atoms with Crippen LogP contribution in [0, 0.1) is 5.82 Å². The number of amides is 1. The van der Waals surface area contributed by atoms with E-state index in [1.807, 2.05) is 0 Å². The number of ketones is 1. The summed E-state index contributed by atoms with van der Waals surface area (Å²) in [7, 11) is 4.44. The predicted octanol–water partition coefficient (Wildman–Crippen LogP) is 4.35. The number of hydrogen-bond acceptors (Lipinski definition) is 7. The number of aliphatic hydroxyl groups is 1. The third-order valence-corrected chi connectivity index (χ3v) is 6.05. The van der Waals surface area contributed by atoms with E-state index in [4.69, 9.17) is 18.9 Å². The standard InChI is InChI=1S/C28H26FNO7/c1-34-19-7-4-17(5-8-19)25-24(26(31)22-16-18(29)6-13-23(22)36-3)27(32)28(33)30(25)14-15-37-21-11-9-20(35-2)10-12-21/h4-13,16,25,31H,14-15H2,1-3H3/b26-24+. The minimum atomic E-state index is -0.946. The minimum Gasteiger partial charge on any atom is -0.507 e. The molecule has 3 aromatic carbocycles. The highest BCUT2D eigenvalue weighted by atomic mass is 19.1. The van der Waals surface area contributed by atoms with Crippen LogP contribution in [0.5, 0.6) is 23.0 Å². The van der Waals surface area contributed by atoms with Gasteiger partial charge in [0, 0.05) is 0 Å². The van der Waals surface area contributed by atoms with Gasteiger partial charge >= 0.3 is 0 Å². The summed E-state index contributed by atoms with van der Waals surface area (Å²) >= 11 is 0. The number of benzene rings is 3. The average molecular weight is 508 g/mol. The Morgan fingerprint density at radius 1 is 0.865 bits per heavy atom. The molecular formula is C28H26FNO7. The zero-order chi connectivity index (χ0) is 26.5. The molecule has 1 fully saturated rings. The minimum absolute atomic E-state index is 0.0338. The topological polar surface area (TPSA) is 94.5 Å². The van der Waals surface area contributed by atoms with Gasteiger partial charge in [0.1, 0.15) is 41.2 Å². The van der Waals surface area contributed by atoms with E-state index >= 15 is 0 Å². The molecule has 0 aromatic heterocycles. The van der Waals surface area contributed by atoms with Crippen LogP contribution in [0.15, 0.2) is 72.3 Å². The Labute approximate surface area is 213 Å². The second kappa shape index (κ2) is 11.0. The van der Waals surface area contributed by atoms with E-state index in [9.17, 15) is 19.1 Å². The molecule has 1 atom stereocenters. The fourth-order valence-corrected chi connectivity index (χ4v) is 4.19. The van der Waals surface area contributed by atoms with Crippen LogP contribution in [0.4, 0.5) is 4.39 Å². The van der Waals surface area contributed by atoms with Crippen LogP contribution in [0.1, 0.15) is 17.2 Å². The highest BCUT2D eigenvalue weighted by Crippen LogP contribution is 2.41. The van der Waals surface area contributed by atoms with Crippen LogP contribution in [0.25, 0.3) is 5.76 Å². The quantitative estimate of drug-likeness (QED) is 0.261. The van der Waals surface area contributed by atoms with Crippen molar-refractivity contribution in [3.63, 3.8) is 0 Å². The lowest BCUT2D eigenvalue weighted by atomic mass is 9.95. The third kappa shape index (κ3) is 5.20. The monoisotopic (exact) mass is 507 g/mol. The molecule has 0 aliphatic carbocycles. The molecule has 37 heavy (non-hydrogen) atoms. The number of aliphatic hydroxyl groups excluding tert-OH is 1. The Morgan fingerprint density at radius 2 is 1.46 bits per heavy atom. The number of halogens is 1. The SMILES string of the molecule is COc1ccc(OCCN2C(=O)C(=O)/C(=C(/O)c3cc(F)ccc3OC)C2c2ccc(OC)cc2)cc1. The highest BCUT2D eigenvalue weighted by molar-refractivity contribution is 6.46. The van der Waals surface area contributed by atoms with Crippen molar-refractivity contribution in [1.82, 2.24) is 4.90 Å². The lowest BCUT2D eigenvalue weighted by Crippen LogP contribution is -2.33. The third-order valence-electron chi connectivity index (χ3n) is 6.05. The van der Waals surface area contributed by atoms with Gasteiger partial charge in [-0.1, -0.05) is 12.1 Å². The van der Waals surface area contributed by atoms with Gasteiger partial charge in [-0.3, -0.25) is 9.59 Å². The summed E-state index contributed by atoms with van der Waals surface area (Å²) in [5, 5.41) is 11.2. The predicted molar refractivity (Wildman–Crippen MR) is 133 cm³/mol. The molecule has 4 rings (SSSR count). The molecule has 0 saturated carbocycles. The second-order valence-corrected chi connectivity index (χ2v) is 8.13. The maximum atomic E-state index is 14.1. The fourth-order valence-electron chi connectivity index (χ4n) is 4.19. The van der Waals surface area contributed by atoms with Gasteiger partial charge in [-0.25, -0.2) is 4.39 Å². The smallest absolute Gasteiger partial charge is 0.295 e. The molecule has 9 heteroatoms. The van der Waals surface area contributed by atoms with Gasteiger partial charge in [-0.05, 0) is 60.2 Å². The Morgan fingerprint density at radius 3 is 2.05 bits per heavy atom. The van der Waals surface area contributed by atoms with Crippen molar-refractivity contribution < 1.29 is 38.0 Å². The molecule has 1 aliphatic rings. The molecule has 1 heterocycles. The number of methoxy groups -OCH3 is 3. The summed E-state index contributed by atoms with van der Waals surface area (Å²) in [5.41, 5.74) is 0.346. The Bertz CT molecular complexity index is 1320. The van der Waals surface area contributed by atoms with E-state index in [2.05, 4.69) is 0 Å². The van der Waals surface area contributed by atoms with E-state index in [-0.39, 0.29) is 30.0 Å². The average Bonchev–Trinajstić information content (AvgIpc) is 3.18. The molecule has 1 unspecified atom stereocenters. The molecule has 1 saturated heterocycles. The van der Waals surface area contributed by atoms with Crippen LogP contribution >= 0.6 is 0 Å². The van der Waals surface area contributed by atoms with Gasteiger partial charge in [0.25, 0.3) is 11.7 Å². The number of ether oxygens (including phenoxy) is 4. The van der Waals surface area contributed by atoms with Crippen LogP contribution in [0.2, 0.25) is 0 Å². The highest BCUT2D eigenvalue weighted by Gasteiger charge is 2.46. The first-order chi connectivity index (χ1) is 17.9. The van der Waals surface area contributed by atoms with E-state index < -0.39 is 29.3 Å². The number of nitrogens with zero attached hydrogens (tertiary/aromatic N) is 1. The molecule has 192 valence electrons. The van der Waals surface area contributed by atoms with Crippen molar-refractivity contribution in [2.45, 2.75) is 6.04 Å². The Balaban J connectivity index is 1.72. The van der Waals surface area contributed by atoms with E-state index in [1.54, 1.807) is 55.6 Å². The van der Waals surface area contributed by atoms with Gasteiger partial charge in [0.2, 0.25) is 0 Å². The zero-order valence-electron chi connectivity index (χ0n) is 20.6. The van der Waals surface area contributed by atoms with Gasteiger partial charge in [0.05, 0.1) is 45.1 Å². The van der Waals surface area contributed by atoms with Crippen LogP contribution in [-0.4, -0.2) is 56.2 Å². The van der Waals surface area contributed by atoms with Gasteiger partial charge in [-0.15, -0.1) is 0 Å². The van der Waals surface area contributed by atoms with E-state index in [0.717, 1.165) is 6.07 Å². The molecule has 8 nitrogen and oxygen atoms in total. The first-order valence-electron chi connectivity index (χ1n) is 11.4. The maximum Gasteiger partial charge on any atom is 0.295 e. The summed E-state index contributed by atoms with van der Waals surface area (Å²) in [6.07, 6.45) is 0. The second-order valence-electron chi connectivity index (χ2n) is 8.13. The number of carbonyl (C=O) groups excluding carboxylic acids is 2. The van der Waals surface area contributed by atoms with E-state index in [1.165, 1.54) is 31.3 Å². The summed E-state index contributed by atoms with van der Waals surface area (Å²) < 4.78 is 35.5. The molecule has 0 radical (unpaired) electrons. The fraction of sp³-hybridized carbons (Fsp3) is 0.214. The molecule has 3 aromatic rings. The van der Waals surface area contributed by atoms with Crippen molar-refractivity contribution in [2.75, 3.05) is 34.5 Å². The van der Waals surface area contributed by atoms with E-state index in [0.29, 0.717) is 22.8 Å². The number of likely N-dealkylation sites (tertiary alicyclic amines) is 1. The summed E-state index contributed by atoms with van der Waals surface area (Å²) in [6, 6.07) is 16.3. The van der Waals surface area contributed by atoms with Crippen molar-refractivity contribution in [3.05, 3.63) is 89.2 Å². The molecule has 0 spiro atoms. The number of hydrogen-bond donors (Lipinski definition) is 1. The molecule has 1 aliphatic heterocycles.